The Hall–Kier alpha value is -1.14. The highest BCUT2D eigenvalue weighted by Gasteiger charge is 2.51. The number of hydrogen-bond acceptors (Lipinski definition) is 4. The van der Waals surface area contributed by atoms with Crippen molar-refractivity contribution >= 4 is 11.8 Å². The van der Waals surface area contributed by atoms with Gasteiger partial charge in [0.1, 0.15) is 6.04 Å². The molecule has 1 saturated carbocycles. The van der Waals surface area contributed by atoms with Crippen molar-refractivity contribution in [2.24, 2.45) is 11.7 Å². The van der Waals surface area contributed by atoms with Crippen LogP contribution in [0.2, 0.25) is 0 Å². The normalized spacial score (nSPS) is 42.7. The number of fused-ring (bicyclic) bond motifs is 1. The van der Waals surface area contributed by atoms with E-state index in [0.29, 0.717) is 18.8 Å². The molecule has 6 heteroatoms. The van der Waals surface area contributed by atoms with Crippen LogP contribution < -0.4 is 16.4 Å². The van der Waals surface area contributed by atoms with Crippen LogP contribution in [0.1, 0.15) is 25.7 Å². The monoisotopic (exact) mass is 253 g/mol. The lowest BCUT2D eigenvalue weighted by molar-refractivity contribution is -0.141. The van der Waals surface area contributed by atoms with Crippen molar-refractivity contribution in [2.75, 3.05) is 6.61 Å². The largest absolute Gasteiger partial charge is 0.376 e. The first-order valence-corrected chi connectivity index (χ1v) is 6.64. The first-order chi connectivity index (χ1) is 8.66. The van der Waals surface area contributed by atoms with Crippen molar-refractivity contribution in [2.45, 2.75) is 49.9 Å². The number of amides is 2. The zero-order chi connectivity index (χ0) is 12.7. The predicted octanol–water partition coefficient (Wildman–Crippen LogP) is -1.11. The number of nitrogens with two attached hydrogens (primary N) is 1. The molecule has 5 atom stereocenters. The number of carbonyl (C=O) groups excluding carboxylic acids is 2. The third kappa shape index (κ3) is 1.89. The quantitative estimate of drug-likeness (QED) is 0.581. The summed E-state index contributed by atoms with van der Waals surface area (Å²) >= 11 is 0. The summed E-state index contributed by atoms with van der Waals surface area (Å²) in [6.45, 7) is 0.750. The van der Waals surface area contributed by atoms with E-state index < -0.39 is 6.04 Å². The van der Waals surface area contributed by atoms with Crippen LogP contribution >= 0.6 is 0 Å². The van der Waals surface area contributed by atoms with Crippen LogP contribution in [0.4, 0.5) is 0 Å². The highest BCUT2D eigenvalue weighted by molar-refractivity contribution is 5.91. The highest BCUT2D eigenvalue weighted by Crippen LogP contribution is 2.37. The van der Waals surface area contributed by atoms with Crippen LogP contribution in [0.5, 0.6) is 0 Å². The summed E-state index contributed by atoms with van der Waals surface area (Å²) in [5.74, 6) is 0.191. The van der Waals surface area contributed by atoms with Crippen molar-refractivity contribution in [1.29, 1.82) is 0 Å². The van der Waals surface area contributed by atoms with Gasteiger partial charge in [-0.15, -0.1) is 0 Å². The van der Waals surface area contributed by atoms with Crippen molar-refractivity contribution in [3.63, 3.8) is 0 Å². The Labute approximate surface area is 106 Å². The Bertz CT molecular complexity index is 374. The molecular weight excluding hydrogens is 234 g/mol. The van der Waals surface area contributed by atoms with Crippen LogP contribution in [-0.2, 0) is 14.3 Å². The molecule has 2 aliphatic heterocycles. The predicted molar refractivity (Wildman–Crippen MR) is 63.5 cm³/mol. The van der Waals surface area contributed by atoms with Gasteiger partial charge in [0.15, 0.2) is 0 Å². The molecule has 1 aliphatic carbocycles. The van der Waals surface area contributed by atoms with E-state index in [1.807, 2.05) is 0 Å². The van der Waals surface area contributed by atoms with Crippen LogP contribution in [0.15, 0.2) is 0 Å². The van der Waals surface area contributed by atoms with Gasteiger partial charge in [0, 0.05) is 25.0 Å². The zero-order valence-corrected chi connectivity index (χ0v) is 10.2. The van der Waals surface area contributed by atoms with Gasteiger partial charge in [-0.1, -0.05) is 0 Å². The molecule has 0 bridgehead atoms. The zero-order valence-electron chi connectivity index (χ0n) is 10.2. The second-order valence-corrected chi connectivity index (χ2v) is 5.41. The number of hydrogen-bond donors (Lipinski definition) is 3. The molecular formula is C12H19N3O3. The second-order valence-electron chi connectivity index (χ2n) is 5.41. The first kappa shape index (κ1) is 11.9. The summed E-state index contributed by atoms with van der Waals surface area (Å²) in [6.07, 6.45) is 3.20. The molecule has 6 nitrogen and oxygen atoms in total. The Kier molecular flexibility index (Phi) is 2.99. The topological polar surface area (TPSA) is 93.4 Å². The van der Waals surface area contributed by atoms with Gasteiger partial charge in [-0.2, -0.15) is 0 Å². The summed E-state index contributed by atoms with van der Waals surface area (Å²) in [6, 6.07) is -0.510. The van der Waals surface area contributed by atoms with E-state index in [-0.39, 0.29) is 30.0 Å². The average Bonchev–Trinajstić information content (AvgIpc) is 2.82. The Morgan fingerprint density at radius 2 is 2.28 bits per heavy atom. The summed E-state index contributed by atoms with van der Waals surface area (Å²) < 4.78 is 5.66. The molecule has 2 amide bonds. The van der Waals surface area contributed by atoms with Gasteiger partial charge in [0.25, 0.3) is 0 Å². The lowest BCUT2D eigenvalue weighted by Crippen LogP contribution is -2.72. The van der Waals surface area contributed by atoms with Crippen molar-refractivity contribution in [1.82, 2.24) is 10.6 Å². The van der Waals surface area contributed by atoms with E-state index in [2.05, 4.69) is 10.6 Å². The van der Waals surface area contributed by atoms with E-state index in [9.17, 15) is 9.59 Å². The lowest BCUT2D eigenvalue weighted by Gasteiger charge is -2.52. The van der Waals surface area contributed by atoms with Gasteiger partial charge in [0.05, 0.1) is 12.1 Å². The van der Waals surface area contributed by atoms with E-state index >= 15 is 0 Å². The molecule has 3 aliphatic rings. The summed E-state index contributed by atoms with van der Waals surface area (Å²) in [5.41, 5.74) is 6.07. The summed E-state index contributed by atoms with van der Waals surface area (Å²) in [5, 5.41) is 5.59. The van der Waals surface area contributed by atoms with Gasteiger partial charge >= 0.3 is 0 Å². The number of nitrogens with one attached hydrogen (secondary N) is 2. The maximum absolute atomic E-state index is 12.0. The maximum Gasteiger partial charge on any atom is 0.242 e. The molecule has 0 aromatic heterocycles. The average molecular weight is 253 g/mol. The lowest BCUT2D eigenvalue weighted by atomic mass is 9.68. The molecule has 4 unspecified atom stereocenters. The van der Waals surface area contributed by atoms with Gasteiger partial charge in [-0.3, -0.25) is 9.59 Å². The highest BCUT2D eigenvalue weighted by atomic mass is 16.5. The first-order valence-electron chi connectivity index (χ1n) is 6.64. The molecule has 0 aromatic rings. The minimum Gasteiger partial charge on any atom is -0.376 e. The van der Waals surface area contributed by atoms with Crippen molar-refractivity contribution < 1.29 is 14.3 Å². The number of rotatable bonds is 2. The Morgan fingerprint density at radius 3 is 3.00 bits per heavy atom. The molecule has 0 radical (unpaired) electrons. The molecule has 4 N–H and O–H groups in total. The van der Waals surface area contributed by atoms with E-state index in [0.717, 1.165) is 19.4 Å². The number of carbonyl (C=O) groups is 2. The third-order valence-electron chi connectivity index (χ3n) is 4.30. The van der Waals surface area contributed by atoms with Gasteiger partial charge in [-0.25, -0.2) is 0 Å². The van der Waals surface area contributed by atoms with E-state index in [1.54, 1.807) is 0 Å². The molecule has 3 fully saturated rings. The smallest absolute Gasteiger partial charge is 0.242 e. The van der Waals surface area contributed by atoms with Gasteiger partial charge in [-0.05, 0) is 19.3 Å². The van der Waals surface area contributed by atoms with Gasteiger partial charge < -0.3 is 21.1 Å². The third-order valence-corrected chi connectivity index (χ3v) is 4.30. The molecule has 0 aromatic carbocycles. The molecule has 100 valence electrons. The Balaban J connectivity index is 1.56. The van der Waals surface area contributed by atoms with Crippen LogP contribution in [0.25, 0.3) is 0 Å². The van der Waals surface area contributed by atoms with Crippen LogP contribution in [0.3, 0.4) is 0 Å². The van der Waals surface area contributed by atoms with E-state index in [4.69, 9.17) is 10.5 Å². The minimum absolute atomic E-state index is 0.0173. The maximum atomic E-state index is 12.0. The van der Waals surface area contributed by atoms with Crippen molar-refractivity contribution in [3.05, 3.63) is 0 Å². The molecule has 2 saturated heterocycles. The summed E-state index contributed by atoms with van der Waals surface area (Å²) in [4.78, 5) is 23.1. The van der Waals surface area contributed by atoms with Crippen LogP contribution in [0, 0.1) is 5.92 Å². The standard InChI is InChI=1S/C12H19N3O3/c13-9-6-2-1-5-18-11(6)10(9)15-12(17)7-3-4-8(16)14-7/h6-7,9-11H,1-5,13H2,(H,14,16)(H,15,17)/t6?,7-,9?,10?,11?/m0/s1. The molecule has 18 heavy (non-hydrogen) atoms. The Morgan fingerprint density at radius 1 is 1.44 bits per heavy atom. The second kappa shape index (κ2) is 4.51. The van der Waals surface area contributed by atoms with Gasteiger partial charge in [0.2, 0.25) is 11.8 Å². The molecule has 3 rings (SSSR count). The fourth-order valence-corrected chi connectivity index (χ4v) is 3.20. The molecule has 2 heterocycles. The van der Waals surface area contributed by atoms with Crippen LogP contribution in [-0.4, -0.2) is 42.7 Å². The SMILES string of the molecule is NC1C2CCCOC2C1NC(=O)[C@@H]1CCC(=O)N1. The minimum atomic E-state index is -0.396. The summed E-state index contributed by atoms with van der Waals surface area (Å²) in [7, 11) is 0. The number of ether oxygens (including phenoxy) is 1. The van der Waals surface area contributed by atoms with Crippen molar-refractivity contribution in [3.8, 4) is 0 Å². The fraction of sp³-hybridized carbons (Fsp3) is 0.833. The molecule has 0 spiro atoms. The van der Waals surface area contributed by atoms with E-state index in [1.165, 1.54) is 0 Å². The fourth-order valence-electron chi connectivity index (χ4n) is 3.20.